The number of carbonyl (C=O) groups excluding carboxylic acids is 1. The number of ether oxygens (including phenoxy) is 1. The van der Waals surface area contributed by atoms with Crippen molar-refractivity contribution >= 4 is 28.8 Å². The van der Waals surface area contributed by atoms with Gasteiger partial charge in [-0.3, -0.25) is 14.7 Å². The molecule has 0 radical (unpaired) electrons. The van der Waals surface area contributed by atoms with Gasteiger partial charge in [-0.05, 0) is 6.42 Å². The molecule has 0 spiro atoms. The minimum atomic E-state index is -1.80. The molecule has 4 atom stereocenters. The van der Waals surface area contributed by atoms with E-state index in [4.69, 9.17) is 4.74 Å². The third-order valence-corrected chi connectivity index (χ3v) is 5.19. The molecule has 1 amide bonds. The molecule has 3 heterocycles. The maximum Gasteiger partial charge on any atom is 0.233 e. The van der Waals surface area contributed by atoms with Crippen LogP contribution in [0.5, 0.6) is 0 Å². The fourth-order valence-corrected chi connectivity index (χ4v) is 3.28. The third kappa shape index (κ3) is 3.53. The van der Waals surface area contributed by atoms with Crippen LogP contribution < -0.4 is 10.2 Å². The number of aromatic nitrogens is 4. The van der Waals surface area contributed by atoms with Gasteiger partial charge in [0, 0.05) is 20.0 Å². The van der Waals surface area contributed by atoms with Crippen molar-refractivity contribution in [3.8, 4) is 0 Å². The second-order valence-electron chi connectivity index (χ2n) is 7.71. The Labute approximate surface area is 167 Å². The molecule has 29 heavy (non-hydrogen) atoms. The highest BCUT2D eigenvalue weighted by Gasteiger charge is 2.55. The van der Waals surface area contributed by atoms with Crippen LogP contribution in [0, 0.1) is 5.92 Å². The minimum Gasteiger partial charge on any atom is -0.393 e. The van der Waals surface area contributed by atoms with Gasteiger partial charge >= 0.3 is 0 Å². The molecule has 1 fully saturated rings. The van der Waals surface area contributed by atoms with Crippen molar-refractivity contribution in [3.05, 3.63) is 6.33 Å². The third-order valence-electron chi connectivity index (χ3n) is 5.19. The molecule has 10 nitrogen and oxygen atoms in total. The number of aliphatic hydroxyl groups is 2. The molecule has 0 unspecified atom stereocenters. The van der Waals surface area contributed by atoms with E-state index in [2.05, 4.69) is 20.3 Å². The van der Waals surface area contributed by atoms with Crippen molar-refractivity contribution in [2.45, 2.75) is 51.3 Å². The lowest BCUT2D eigenvalue weighted by molar-refractivity contribution is -0.128. The summed E-state index contributed by atoms with van der Waals surface area (Å²) in [6.07, 6.45) is -2.96. The lowest BCUT2D eigenvalue weighted by atomic mass is 9.94. The predicted molar refractivity (Wildman–Crippen MR) is 104 cm³/mol. The fraction of sp³-hybridized carbons (Fsp3) is 0.667. The van der Waals surface area contributed by atoms with Gasteiger partial charge in [0.2, 0.25) is 11.9 Å². The van der Waals surface area contributed by atoms with Crippen LogP contribution in [0.1, 0.15) is 33.4 Å². The van der Waals surface area contributed by atoms with Crippen molar-refractivity contribution in [3.63, 3.8) is 0 Å². The normalized spacial score (nSPS) is 27.0. The van der Waals surface area contributed by atoms with Gasteiger partial charge in [0.1, 0.15) is 11.7 Å². The van der Waals surface area contributed by atoms with Crippen molar-refractivity contribution in [2.24, 2.45) is 5.92 Å². The summed E-state index contributed by atoms with van der Waals surface area (Å²) in [5, 5.41) is 22.7. The highest BCUT2D eigenvalue weighted by atomic mass is 19.1. The number of fused-ring (bicyclic) bond motifs is 1. The first-order valence-electron chi connectivity index (χ1n) is 9.48. The summed E-state index contributed by atoms with van der Waals surface area (Å²) in [5.74, 6) is -0.0493. The zero-order valence-electron chi connectivity index (χ0n) is 17.1. The van der Waals surface area contributed by atoms with Crippen molar-refractivity contribution in [1.29, 1.82) is 0 Å². The summed E-state index contributed by atoms with van der Waals surface area (Å²) in [4.78, 5) is 26.8. The van der Waals surface area contributed by atoms with Crippen LogP contribution >= 0.6 is 0 Å². The van der Waals surface area contributed by atoms with E-state index in [-0.39, 0.29) is 29.8 Å². The minimum absolute atomic E-state index is 0.0551. The average molecular weight is 410 g/mol. The largest absolute Gasteiger partial charge is 0.393 e. The Kier molecular flexibility index (Phi) is 5.74. The molecule has 160 valence electrons. The highest BCUT2D eigenvalue weighted by molar-refractivity contribution is 5.92. The molecule has 3 rings (SSSR count). The predicted octanol–water partition coefficient (Wildman–Crippen LogP) is 0.856. The molecule has 0 bridgehead atoms. The SMILES string of the molecule is CC[C@]1(CO)O[C@@H](n2cnc3c(N(C)C)nc(NC(=O)C(C)C)nc32)[C@H](F)[C@@H]1O. The topological polar surface area (TPSA) is 126 Å². The van der Waals surface area contributed by atoms with E-state index >= 15 is 0 Å². The van der Waals surface area contributed by atoms with Gasteiger partial charge in [-0.1, -0.05) is 20.8 Å². The van der Waals surface area contributed by atoms with Gasteiger partial charge in [-0.15, -0.1) is 0 Å². The van der Waals surface area contributed by atoms with Gasteiger partial charge in [0.25, 0.3) is 0 Å². The number of imidazole rings is 1. The summed E-state index contributed by atoms with van der Waals surface area (Å²) in [7, 11) is 3.52. The zero-order chi connectivity index (χ0) is 21.5. The number of hydrogen-bond donors (Lipinski definition) is 3. The molecule has 0 aliphatic carbocycles. The Morgan fingerprint density at radius 1 is 1.45 bits per heavy atom. The van der Waals surface area contributed by atoms with Crippen LogP contribution in [0.15, 0.2) is 6.33 Å². The Hall–Kier alpha value is -2.37. The summed E-state index contributed by atoms with van der Waals surface area (Å²) >= 11 is 0. The second kappa shape index (κ2) is 7.81. The number of rotatable bonds is 6. The first kappa shape index (κ1) is 21.3. The van der Waals surface area contributed by atoms with Crippen LogP contribution in [0.25, 0.3) is 11.2 Å². The van der Waals surface area contributed by atoms with Crippen molar-refractivity contribution in [1.82, 2.24) is 19.5 Å². The average Bonchev–Trinajstić information content (AvgIpc) is 3.21. The lowest BCUT2D eigenvalue weighted by Crippen LogP contribution is -2.44. The van der Waals surface area contributed by atoms with Gasteiger partial charge in [0.15, 0.2) is 29.4 Å². The number of halogens is 1. The highest BCUT2D eigenvalue weighted by Crippen LogP contribution is 2.42. The molecular weight excluding hydrogens is 383 g/mol. The van der Waals surface area contributed by atoms with Crippen LogP contribution in [0.3, 0.4) is 0 Å². The van der Waals surface area contributed by atoms with E-state index in [1.165, 1.54) is 10.9 Å². The number of alkyl halides is 1. The molecule has 0 saturated carbocycles. The number of nitrogens with one attached hydrogen (secondary N) is 1. The monoisotopic (exact) mass is 410 g/mol. The number of nitrogens with zero attached hydrogens (tertiary/aromatic N) is 5. The molecule has 0 aromatic carbocycles. The Bertz CT molecular complexity index is 898. The van der Waals surface area contributed by atoms with E-state index in [0.29, 0.717) is 11.3 Å². The molecular formula is C18H27FN6O4. The first-order chi connectivity index (χ1) is 13.6. The summed E-state index contributed by atoms with van der Waals surface area (Å²) in [6.45, 7) is 4.66. The van der Waals surface area contributed by atoms with E-state index in [0.717, 1.165) is 0 Å². The molecule has 1 aliphatic rings. The summed E-state index contributed by atoms with van der Waals surface area (Å²) < 4.78 is 22.1. The van der Waals surface area contributed by atoms with E-state index in [1.54, 1.807) is 39.8 Å². The van der Waals surface area contributed by atoms with Crippen LogP contribution in [0.4, 0.5) is 16.2 Å². The van der Waals surface area contributed by atoms with Crippen LogP contribution in [-0.4, -0.2) is 74.2 Å². The maximum absolute atomic E-state index is 15.0. The Balaban J connectivity index is 2.10. The van der Waals surface area contributed by atoms with Crippen LogP contribution in [-0.2, 0) is 9.53 Å². The van der Waals surface area contributed by atoms with Gasteiger partial charge in [-0.25, -0.2) is 9.37 Å². The molecule has 2 aromatic heterocycles. The molecule has 1 saturated heterocycles. The second-order valence-corrected chi connectivity index (χ2v) is 7.71. The quantitative estimate of drug-likeness (QED) is 0.640. The number of amides is 1. The molecule has 1 aliphatic heterocycles. The standard InChI is InChI=1S/C18H27FN6O4/c1-6-18(7-26)12(27)10(19)16(29-18)25-8-20-11-13(24(4)5)21-17(22-14(11)25)23-15(28)9(2)3/h8-10,12,16,26-27H,6-7H2,1-5H3,(H,21,22,23,28)/t10-,12+,16-,18-/m1/s1. The number of anilines is 2. The Morgan fingerprint density at radius 2 is 2.14 bits per heavy atom. The molecule has 11 heteroatoms. The fourth-order valence-electron chi connectivity index (χ4n) is 3.28. The number of aliphatic hydroxyl groups excluding tert-OH is 2. The van der Waals surface area contributed by atoms with E-state index < -0.39 is 30.7 Å². The van der Waals surface area contributed by atoms with Crippen molar-refractivity contribution < 1.29 is 24.1 Å². The molecule has 2 aromatic rings. The van der Waals surface area contributed by atoms with Crippen LogP contribution in [0.2, 0.25) is 0 Å². The Morgan fingerprint density at radius 3 is 2.66 bits per heavy atom. The van der Waals surface area contributed by atoms with Gasteiger partial charge < -0.3 is 19.8 Å². The lowest BCUT2D eigenvalue weighted by Gasteiger charge is -2.28. The number of carbonyl (C=O) groups is 1. The first-order valence-corrected chi connectivity index (χ1v) is 9.48. The number of hydrogen-bond acceptors (Lipinski definition) is 8. The van der Waals surface area contributed by atoms with Crippen molar-refractivity contribution in [2.75, 3.05) is 30.9 Å². The zero-order valence-corrected chi connectivity index (χ0v) is 17.1. The molecule has 3 N–H and O–H groups in total. The summed E-state index contributed by atoms with van der Waals surface area (Å²) in [6, 6.07) is 0. The smallest absolute Gasteiger partial charge is 0.233 e. The summed E-state index contributed by atoms with van der Waals surface area (Å²) in [5.41, 5.74) is -0.777. The van der Waals surface area contributed by atoms with E-state index in [1.807, 2.05) is 0 Å². The van der Waals surface area contributed by atoms with Gasteiger partial charge in [-0.2, -0.15) is 9.97 Å². The maximum atomic E-state index is 15.0. The van der Waals surface area contributed by atoms with Gasteiger partial charge in [0.05, 0.1) is 12.9 Å². The van der Waals surface area contributed by atoms with E-state index in [9.17, 15) is 19.4 Å².